The van der Waals surface area contributed by atoms with E-state index < -0.39 is 0 Å². The smallest absolute Gasteiger partial charge is 0.260 e. The minimum atomic E-state index is -0.191. The van der Waals surface area contributed by atoms with Gasteiger partial charge in [0, 0.05) is 10.4 Å². The molecule has 5 rings (SSSR count). The van der Waals surface area contributed by atoms with Gasteiger partial charge in [-0.15, -0.1) is 11.3 Å². The average molecular weight is 448 g/mol. The van der Waals surface area contributed by atoms with Crippen molar-refractivity contribution in [3.8, 4) is 11.8 Å². The molecule has 0 spiro atoms. The van der Waals surface area contributed by atoms with E-state index in [0.717, 1.165) is 36.9 Å². The Balaban J connectivity index is 1.62. The molecule has 1 aliphatic carbocycles. The molecule has 0 radical (unpaired) electrons. The number of halogens is 1. The Labute approximate surface area is 187 Å². The number of nitriles is 1. The summed E-state index contributed by atoms with van der Waals surface area (Å²) in [7, 11) is 0. The van der Waals surface area contributed by atoms with E-state index in [1.54, 1.807) is 22.1 Å². The highest BCUT2D eigenvalue weighted by Crippen LogP contribution is 2.34. The Hall–Kier alpha value is -3.21. The van der Waals surface area contributed by atoms with Crippen LogP contribution < -0.4 is 5.56 Å². The first-order valence-electron chi connectivity index (χ1n) is 10.0. The number of hydrogen-bond donors (Lipinski definition) is 1. The summed E-state index contributed by atoms with van der Waals surface area (Å²) in [5.41, 5.74) is 3.29. The van der Waals surface area contributed by atoms with Gasteiger partial charge in [-0.3, -0.25) is 4.79 Å². The van der Waals surface area contributed by atoms with Crippen molar-refractivity contribution in [1.82, 2.24) is 19.7 Å². The van der Waals surface area contributed by atoms with Crippen LogP contribution in [0.3, 0.4) is 0 Å². The standard InChI is InChI=1S/C23H18ClN5OS/c1-13-17(20(24)29(28-13)15-7-3-2-4-8-15)11-14(12-25)21-26-22(30)19-16-9-5-6-10-18(16)31-23(19)27-21/h2-4,7-8,11H,5-6,9-10H2,1H3,(H,26,27,30)/b14-11+. The van der Waals surface area contributed by atoms with E-state index in [2.05, 4.69) is 21.1 Å². The molecule has 0 saturated carbocycles. The summed E-state index contributed by atoms with van der Waals surface area (Å²) in [5, 5.41) is 15.4. The summed E-state index contributed by atoms with van der Waals surface area (Å²) in [5.74, 6) is 0.251. The number of aryl methyl sites for hydroxylation is 3. The molecule has 0 amide bonds. The average Bonchev–Trinajstić information content (AvgIpc) is 3.30. The molecule has 0 aliphatic heterocycles. The van der Waals surface area contributed by atoms with E-state index in [-0.39, 0.29) is 17.0 Å². The molecular formula is C23H18ClN5OS. The Morgan fingerprint density at radius 1 is 1.29 bits per heavy atom. The summed E-state index contributed by atoms with van der Waals surface area (Å²) in [6, 6.07) is 11.7. The fourth-order valence-corrected chi connectivity index (χ4v) is 5.59. The summed E-state index contributed by atoms with van der Waals surface area (Å²) in [4.78, 5) is 22.2. The van der Waals surface area contributed by atoms with Crippen LogP contribution in [0.15, 0.2) is 35.1 Å². The zero-order valence-electron chi connectivity index (χ0n) is 16.8. The normalized spacial score (nSPS) is 13.9. The van der Waals surface area contributed by atoms with Crippen molar-refractivity contribution in [1.29, 1.82) is 5.26 Å². The maximum Gasteiger partial charge on any atom is 0.260 e. The first-order valence-corrected chi connectivity index (χ1v) is 11.2. The van der Waals surface area contributed by atoms with Crippen molar-refractivity contribution in [2.24, 2.45) is 0 Å². The fourth-order valence-electron chi connectivity index (χ4n) is 4.00. The maximum absolute atomic E-state index is 12.9. The zero-order chi connectivity index (χ0) is 21.5. The van der Waals surface area contributed by atoms with Crippen LogP contribution in [0.2, 0.25) is 5.15 Å². The molecule has 1 aromatic carbocycles. The van der Waals surface area contributed by atoms with Crippen LogP contribution in [0.1, 0.15) is 40.4 Å². The highest BCUT2D eigenvalue weighted by atomic mass is 35.5. The number of hydrogen-bond acceptors (Lipinski definition) is 5. The SMILES string of the molecule is Cc1nn(-c2ccccc2)c(Cl)c1/C=C(\C#N)c1nc2sc3c(c2c(=O)[nH]1)CCCC3. The summed E-state index contributed by atoms with van der Waals surface area (Å²) in [6.07, 6.45) is 5.76. The van der Waals surface area contributed by atoms with Crippen LogP contribution in [-0.4, -0.2) is 19.7 Å². The van der Waals surface area contributed by atoms with Gasteiger partial charge in [0.1, 0.15) is 16.1 Å². The highest BCUT2D eigenvalue weighted by Gasteiger charge is 2.21. The van der Waals surface area contributed by atoms with Gasteiger partial charge in [0.25, 0.3) is 5.56 Å². The van der Waals surface area contributed by atoms with Crippen molar-refractivity contribution < 1.29 is 0 Å². The van der Waals surface area contributed by atoms with Gasteiger partial charge in [0.05, 0.1) is 22.3 Å². The Morgan fingerprint density at radius 2 is 2.06 bits per heavy atom. The fraction of sp³-hybridized carbons (Fsp3) is 0.217. The van der Waals surface area contributed by atoms with Crippen LogP contribution in [0, 0.1) is 18.3 Å². The molecule has 4 aromatic rings. The number of para-hydroxylation sites is 1. The number of thiophene rings is 1. The van der Waals surface area contributed by atoms with E-state index in [1.165, 1.54) is 4.88 Å². The molecule has 1 N–H and O–H groups in total. The van der Waals surface area contributed by atoms with Crippen molar-refractivity contribution in [3.05, 3.63) is 73.4 Å². The molecule has 3 aromatic heterocycles. The summed E-state index contributed by atoms with van der Waals surface area (Å²) < 4.78 is 1.63. The lowest BCUT2D eigenvalue weighted by Gasteiger charge is -2.09. The largest absolute Gasteiger partial charge is 0.305 e. The second-order valence-electron chi connectivity index (χ2n) is 7.51. The molecule has 0 atom stereocenters. The molecule has 0 fully saturated rings. The van der Waals surface area contributed by atoms with E-state index in [9.17, 15) is 10.1 Å². The highest BCUT2D eigenvalue weighted by molar-refractivity contribution is 7.18. The molecule has 31 heavy (non-hydrogen) atoms. The van der Waals surface area contributed by atoms with Crippen LogP contribution in [0.5, 0.6) is 0 Å². The number of allylic oxidation sites excluding steroid dienone is 1. The number of fused-ring (bicyclic) bond motifs is 3. The van der Waals surface area contributed by atoms with Crippen molar-refractivity contribution in [2.45, 2.75) is 32.6 Å². The van der Waals surface area contributed by atoms with Crippen molar-refractivity contribution >= 4 is 44.8 Å². The lowest BCUT2D eigenvalue weighted by molar-refractivity contribution is 0.700. The first-order chi connectivity index (χ1) is 15.1. The number of nitrogens with zero attached hydrogens (tertiary/aromatic N) is 4. The predicted molar refractivity (Wildman–Crippen MR) is 124 cm³/mol. The molecule has 154 valence electrons. The van der Waals surface area contributed by atoms with Crippen molar-refractivity contribution in [2.75, 3.05) is 0 Å². The van der Waals surface area contributed by atoms with Gasteiger partial charge in [-0.1, -0.05) is 29.8 Å². The van der Waals surface area contributed by atoms with Crippen molar-refractivity contribution in [3.63, 3.8) is 0 Å². The molecule has 0 unspecified atom stereocenters. The van der Waals surface area contributed by atoms with E-state index in [0.29, 0.717) is 26.6 Å². The van der Waals surface area contributed by atoms with Gasteiger partial charge < -0.3 is 4.98 Å². The maximum atomic E-state index is 12.9. The number of benzene rings is 1. The number of H-pyrrole nitrogens is 1. The van der Waals surface area contributed by atoms with Gasteiger partial charge in [-0.05, 0) is 56.4 Å². The number of aromatic nitrogens is 4. The molecule has 1 aliphatic rings. The second kappa shape index (κ2) is 7.80. The zero-order valence-corrected chi connectivity index (χ0v) is 18.3. The predicted octanol–water partition coefficient (Wildman–Crippen LogP) is 5.08. The van der Waals surface area contributed by atoms with Crippen LogP contribution >= 0.6 is 22.9 Å². The summed E-state index contributed by atoms with van der Waals surface area (Å²) >= 11 is 8.16. The van der Waals surface area contributed by atoms with Crippen LogP contribution in [0.25, 0.3) is 27.6 Å². The molecule has 3 heterocycles. The van der Waals surface area contributed by atoms with E-state index >= 15 is 0 Å². The minimum Gasteiger partial charge on any atom is -0.305 e. The minimum absolute atomic E-state index is 0.191. The van der Waals surface area contributed by atoms with Gasteiger partial charge in [-0.2, -0.15) is 10.4 Å². The van der Waals surface area contributed by atoms with Gasteiger partial charge in [-0.25, -0.2) is 9.67 Å². The van der Waals surface area contributed by atoms with Gasteiger partial charge in [0.2, 0.25) is 0 Å². The molecular weight excluding hydrogens is 430 g/mol. The Morgan fingerprint density at radius 3 is 2.84 bits per heavy atom. The second-order valence-corrected chi connectivity index (χ2v) is 8.95. The lowest BCUT2D eigenvalue weighted by Crippen LogP contribution is -2.12. The van der Waals surface area contributed by atoms with E-state index in [4.69, 9.17) is 11.6 Å². The Bertz CT molecular complexity index is 1440. The molecule has 0 bridgehead atoms. The molecule has 0 saturated heterocycles. The van der Waals surface area contributed by atoms with E-state index in [1.807, 2.05) is 37.3 Å². The number of nitrogens with one attached hydrogen (secondary N) is 1. The lowest BCUT2D eigenvalue weighted by atomic mass is 9.97. The number of rotatable bonds is 3. The molecule has 8 heteroatoms. The van der Waals surface area contributed by atoms with Gasteiger partial charge >= 0.3 is 0 Å². The third-order valence-corrected chi connectivity index (χ3v) is 7.09. The molecule has 6 nitrogen and oxygen atoms in total. The van der Waals surface area contributed by atoms with Gasteiger partial charge in [0.15, 0.2) is 5.82 Å². The van der Waals surface area contributed by atoms with Crippen LogP contribution in [-0.2, 0) is 12.8 Å². The first kappa shape index (κ1) is 19.7. The summed E-state index contributed by atoms with van der Waals surface area (Å²) in [6.45, 7) is 1.83. The quantitative estimate of drug-likeness (QED) is 0.444. The third kappa shape index (κ3) is 3.38. The Kier molecular flexibility index (Phi) is 4.97. The third-order valence-electron chi connectivity index (χ3n) is 5.54. The monoisotopic (exact) mass is 447 g/mol. The topological polar surface area (TPSA) is 87.4 Å². The van der Waals surface area contributed by atoms with Crippen LogP contribution in [0.4, 0.5) is 0 Å². The number of aromatic amines is 1.